The number of carbonyl (C=O) groups is 4. The zero-order valence-corrected chi connectivity index (χ0v) is 29.8. The highest BCUT2D eigenvalue weighted by atomic mass is 32.1. The molecule has 50 heavy (non-hydrogen) atoms. The van der Waals surface area contributed by atoms with Crippen LogP contribution in [0.5, 0.6) is 5.88 Å². The van der Waals surface area contributed by atoms with Crippen LogP contribution in [-0.2, 0) is 23.9 Å². The number of para-hydroxylation sites is 2. The number of esters is 1. The molecule has 0 radical (unpaired) electrons. The molecule has 2 aliphatic heterocycles. The Kier molecular flexibility index (Phi) is 10.4. The maximum atomic E-state index is 14.4. The van der Waals surface area contributed by atoms with Crippen molar-refractivity contribution in [2.24, 2.45) is 5.92 Å². The predicted molar refractivity (Wildman–Crippen MR) is 188 cm³/mol. The van der Waals surface area contributed by atoms with Gasteiger partial charge in [-0.25, -0.2) is 19.6 Å². The number of aromatic nitrogens is 2. The Labute approximate surface area is 296 Å². The second-order valence-electron chi connectivity index (χ2n) is 14.1. The van der Waals surface area contributed by atoms with Gasteiger partial charge in [-0.2, -0.15) is 0 Å². The van der Waals surface area contributed by atoms with E-state index < -0.39 is 53.2 Å². The Balaban J connectivity index is 1.33. The molecule has 3 aliphatic rings. The van der Waals surface area contributed by atoms with Crippen LogP contribution in [-0.4, -0.2) is 81.2 Å². The minimum atomic E-state index is -1.21. The van der Waals surface area contributed by atoms with E-state index >= 15 is 0 Å². The first-order valence-electron chi connectivity index (χ1n) is 17.4. The van der Waals surface area contributed by atoms with E-state index in [1.165, 1.54) is 16.2 Å². The van der Waals surface area contributed by atoms with Crippen molar-refractivity contribution in [3.8, 4) is 16.5 Å². The molecule has 2 aromatic heterocycles. The summed E-state index contributed by atoms with van der Waals surface area (Å²) in [6.07, 6.45) is 6.76. The summed E-state index contributed by atoms with van der Waals surface area (Å²) in [6, 6.07) is 9.44. The Morgan fingerprint density at radius 2 is 1.86 bits per heavy atom. The van der Waals surface area contributed by atoms with Gasteiger partial charge in [0.15, 0.2) is 0 Å². The van der Waals surface area contributed by atoms with Crippen molar-refractivity contribution in [3.05, 3.63) is 53.9 Å². The number of benzene rings is 1. The molecular weight excluding hydrogens is 659 g/mol. The van der Waals surface area contributed by atoms with Gasteiger partial charge >= 0.3 is 12.1 Å². The number of rotatable bonds is 6. The van der Waals surface area contributed by atoms with Crippen molar-refractivity contribution in [1.29, 1.82) is 0 Å². The number of ether oxygens (including phenoxy) is 3. The summed E-state index contributed by atoms with van der Waals surface area (Å²) in [5.41, 5.74) is -0.0443. The first-order chi connectivity index (χ1) is 24.0. The molecule has 1 saturated carbocycles. The lowest BCUT2D eigenvalue weighted by atomic mass is 10.0. The van der Waals surface area contributed by atoms with Gasteiger partial charge < -0.3 is 29.7 Å². The third-order valence-corrected chi connectivity index (χ3v) is 10.0. The van der Waals surface area contributed by atoms with Gasteiger partial charge in [0.1, 0.15) is 35.0 Å². The molecular formula is C37H45N5O7S. The van der Waals surface area contributed by atoms with Crippen LogP contribution in [0.2, 0.25) is 0 Å². The van der Waals surface area contributed by atoms with Gasteiger partial charge in [0.25, 0.3) is 0 Å². The minimum Gasteiger partial charge on any atom is -0.471 e. The topological polar surface area (TPSA) is 149 Å². The third kappa shape index (κ3) is 7.93. The van der Waals surface area contributed by atoms with Gasteiger partial charge in [0.2, 0.25) is 17.7 Å². The summed E-state index contributed by atoms with van der Waals surface area (Å²) in [5.74, 6) is -1.31. The maximum absolute atomic E-state index is 14.4. The third-order valence-electron chi connectivity index (χ3n) is 9.14. The Morgan fingerprint density at radius 3 is 2.58 bits per heavy atom. The number of amides is 3. The average Bonchev–Trinajstić information content (AvgIpc) is 3.38. The fraction of sp³-hybridized carbons (Fsp3) is 0.514. The van der Waals surface area contributed by atoms with Gasteiger partial charge in [0.05, 0.1) is 29.1 Å². The number of hydrogen-bond donors (Lipinski definition) is 2. The highest BCUT2D eigenvalue weighted by Crippen LogP contribution is 2.46. The first-order valence-corrected chi connectivity index (χ1v) is 18.3. The molecule has 0 spiro atoms. The van der Waals surface area contributed by atoms with E-state index in [0.717, 1.165) is 24.1 Å². The van der Waals surface area contributed by atoms with Crippen molar-refractivity contribution in [2.45, 2.75) is 102 Å². The van der Waals surface area contributed by atoms with Crippen molar-refractivity contribution in [1.82, 2.24) is 25.5 Å². The summed E-state index contributed by atoms with van der Waals surface area (Å²) in [5, 5.41) is 7.72. The summed E-state index contributed by atoms with van der Waals surface area (Å²) >= 11 is 1.50. The molecule has 3 amide bonds. The molecule has 4 heterocycles. The Bertz CT molecular complexity index is 1760. The quantitative estimate of drug-likeness (QED) is 0.249. The monoisotopic (exact) mass is 703 g/mol. The van der Waals surface area contributed by atoms with Crippen LogP contribution in [0.15, 0.2) is 53.9 Å². The zero-order chi connectivity index (χ0) is 35.5. The first kappa shape index (κ1) is 35.3. The zero-order valence-electron chi connectivity index (χ0n) is 29.0. The standard InChI is InChI=1S/C37H45N5O7S/c1-5-47-34(45)37-21-23(37)14-9-7-6-8-10-17-27(40-35(46)49-36(2,3)4)33(44)42-22-24(20-28(42)31(43)41-37)48-32-30(29-18-13-19-50-29)38-25-15-11-12-16-26(25)39-32/h9,11-16,18-19,23-24,27-28H,5-8,10,17,20-22H2,1-4H3,(H,40,46)(H,41,43)/b14-9-/t23-,24+,27-,28-,37+/m0/s1. The molecule has 1 aliphatic carbocycles. The van der Waals surface area contributed by atoms with Crippen molar-refractivity contribution in [3.63, 3.8) is 0 Å². The summed E-state index contributed by atoms with van der Waals surface area (Å²) in [4.78, 5) is 66.9. The smallest absolute Gasteiger partial charge is 0.408 e. The minimum absolute atomic E-state index is 0.0531. The van der Waals surface area contributed by atoms with Gasteiger partial charge in [-0.15, -0.1) is 11.3 Å². The highest BCUT2D eigenvalue weighted by molar-refractivity contribution is 7.13. The van der Waals surface area contributed by atoms with E-state index in [0.29, 0.717) is 41.9 Å². The van der Waals surface area contributed by atoms with E-state index in [4.69, 9.17) is 24.2 Å². The van der Waals surface area contributed by atoms with E-state index in [9.17, 15) is 19.2 Å². The number of nitrogens with one attached hydrogen (secondary N) is 2. The highest BCUT2D eigenvalue weighted by Gasteiger charge is 2.62. The molecule has 6 rings (SSSR count). The van der Waals surface area contributed by atoms with Crippen LogP contribution >= 0.6 is 11.3 Å². The number of thiophene rings is 1. The van der Waals surface area contributed by atoms with E-state index in [1.54, 1.807) is 27.7 Å². The van der Waals surface area contributed by atoms with Gasteiger partial charge in [-0.3, -0.25) is 9.59 Å². The van der Waals surface area contributed by atoms with Gasteiger partial charge in [0, 0.05) is 12.3 Å². The Morgan fingerprint density at radius 1 is 1.08 bits per heavy atom. The molecule has 13 heteroatoms. The number of nitrogens with zero attached hydrogens (tertiary/aromatic N) is 3. The van der Waals surface area contributed by atoms with Gasteiger partial charge in [-0.1, -0.05) is 43.2 Å². The molecule has 5 atom stereocenters. The van der Waals surface area contributed by atoms with Crippen LogP contribution in [0.3, 0.4) is 0 Å². The molecule has 3 aromatic rings. The second kappa shape index (κ2) is 14.8. The van der Waals surface area contributed by atoms with Crippen LogP contribution in [0.25, 0.3) is 21.6 Å². The summed E-state index contributed by atoms with van der Waals surface area (Å²) < 4.78 is 17.5. The maximum Gasteiger partial charge on any atom is 0.408 e. The second-order valence-corrected chi connectivity index (χ2v) is 15.0. The largest absolute Gasteiger partial charge is 0.471 e. The van der Waals surface area contributed by atoms with Crippen molar-refractivity contribution >= 4 is 46.2 Å². The predicted octanol–water partition coefficient (Wildman–Crippen LogP) is 5.56. The SMILES string of the molecule is CCOC(=O)[C@@]12C[C@@H]1/C=C\CCCCC[C@H](NC(=O)OC(C)(C)C)C(=O)N1C[C@H](Oc3nc4ccccc4nc3-c3cccs3)C[C@H]1C(=O)N2. The van der Waals surface area contributed by atoms with Crippen LogP contribution in [0, 0.1) is 5.92 Å². The molecule has 266 valence electrons. The van der Waals surface area contributed by atoms with Crippen LogP contribution in [0.4, 0.5) is 4.79 Å². The summed E-state index contributed by atoms with van der Waals surface area (Å²) in [6.45, 7) is 7.22. The lowest BCUT2D eigenvalue weighted by Crippen LogP contribution is -2.56. The van der Waals surface area contributed by atoms with Crippen molar-refractivity contribution in [2.75, 3.05) is 13.2 Å². The van der Waals surface area contributed by atoms with E-state index in [1.807, 2.05) is 53.9 Å². The summed E-state index contributed by atoms with van der Waals surface area (Å²) in [7, 11) is 0. The van der Waals surface area contributed by atoms with Gasteiger partial charge in [-0.05, 0) is 77.0 Å². The molecule has 1 saturated heterocycles. The average molecular weight is 704 g/mol. The van der Waals surface area contributed by atoms with Crippen LogP contribution < -0.4 is 15.4 Å². The molecule has 1 aromatic carbocycles. The number of alkyl carbamates (subject to hydrolysis) is 1. The fourth-order valence-corrected chi connectivity index (χ4v) is 7.35. The lowest BCUT2D eigenvalue weighted by Gasteiger charge is -2.30. The van der Waals surface area contributed by atoms with Crippen LogP contribution in [0.1, 0.15) is 72.6 Å². The lowest BCUT2D eigenvalue weighted by molar-refractivity contribution is -0.150. The molecule has 12 nitrogen and oxygen atoms in total. The molecule has 2 N–H and O–H groups in total. The number of allylic oxidation sites excluding steroid dienone is 1. The number of fused-ring (bicyclic) bond motifs is 3. The van der Waals surface area contributed by atoms with E-state index in [2.05, 4.69) is 10.6 Å². The Hall–Kier alpha value is -4.52. The molecule has 2 fully saturated rings. The van der Waals surface area contributed by atoms with E-state index in [-0.39, 0.29) is 25.5 Å². The molecule has 0 bridgehead atoms. The van der Waals surface area contributed by atoms with Crippen molar-refractivity contribution < 1.29 is 33.4 Å². The normalized spacial score (nSPS) is 26.4. The molecule has 0 unspecified atom stereocenters. The fourth-order valence-electron chi connectivity index (χ4n) is 6.64. The number of carbonyl (C=O) groups excluding carboxylic acids is 4. The number of hydrogen-bond acceptors (Lipinski definition) is 10.